The van der Waals surface area contributed by atoms with Gasteiger partial charge in [0.1, 0.15) is 47.2 Å². The van der Waals surface area contributed by atoms with E-state index < -0.39 is 30.5 Å². The highest BCUT2D eigenvalue weighted by molar-refractivity contribution is 5.86. The maximum atomic E-state index is 14.7. The summed E-state index contributed by atoms with van der Waals surface area (Å²) in [4.78, 5) is 29.6. The van der Waals surface area contributed by atoms with Crippen LogP contribution in [0.15, 0.2) is 65.8 Å². The molecule has 0 bridgehead atoms. The van der Waals surface area contributed by atoms with Gasteiger partial charge in [-0.1, -0.05) is 12.1 Å². The summed E-state index contributed by atoms with van der Waals surface area (Å²) in [6, 6.07) is 11.5. The number of ether oxygens (including phenoxy) is 1. The van der Waals surface area contributed by atoms with E-state index in [0.717, 1.165) is 5.39 Å². The van der Waals surface area contributed by atoms with Crippen LogP contribution in [-0.2, 0) is 0 Å². The number of benzene rings is 2. The molecule has 3 aromatic heterocycles. The minimum atomic E-state index is -2.66. The molecule has 35 heavy (non-hydrogen) atoms. The van der Waals surface area contributed by atoms with Crippen molar-refractivity contribution in [3.05, 3.63) is 83.1 Å². The number of anilines is 1. The van der Waals surface area contributed by atoms with E-state index in [1.807, 2.05) is 6.07 Å². The van der Waals surface area contributed by atoms with Gasteiger partial charge in [-0.05, 0) is 37.3 Å². The van der Waals surface area contributed by atoms with Crippen molar-refractivity contribution in [1.82, 2.24) is 24.5 Å². The van der Waals surface area contributed by atoms with Gasteiger partial charge in [0.15, 0.2) is 0 Å². The molecule has 5 rings (SSSR count). The molecule has 0 amide bonds. The monoisotopic (exact) mass is 480 g/mol. The lowest BCUT2D eigenvalue weighted by Crippen LogP contribution is -2.28. The van der Waals surface area contributed by atoms with Gasteiger partial charge in [0.25, 0.3) is 12.0 Å². The van der Waals surface area contributed by atoms with Gasteiger partial charge in [0.05, 0.1) is 22.6 Å². The number of H-pyrrole nitrogens is 1. The second-order valence-corrected chi connectivity index (χ2v) is 7.77. The lowest BCUT2D eigenvalue weighted by molar-refractivity contribution is 0.0819. The maximum Gasteiger partial charge on any atom is 0.272 e. The highest BCUT2D eigenvalue weighted by Gasteiger charge is 2.21. The summed E-state index contributed by atoms with van der Waals surface area (Å²) >= 11 is 0. The number of fused-ring (bicyclic) bond motifs is 2. The summed E-state index contributed by atoms with van der Waals surface area (Å²) in [5.74, 6) is 0.204. The van der Waals surface area contributed by atoms with Gasteiger partial charge in [0.2, 0.25) is 0 Å². The lowest BCUT2D eigenvalue weighted by atomic mass is 10.2. The van der Waals surface area contributed by atoms with Gasteiger partial charge in [-0.25, -0.2) is 28.1 Å². The molecular formula is C24H19F3N6O2. The van der Waals surface area contributed by atoms with Gasteiger partial charge in [-0.3, -0.25) is 9.36 Å². The minimum absolute atomic E-state index is 0.139. The van der Waals surface area contributed by atoms with Crippen LogP contribution in [0.4, 0.5) is 19.0 Å². The smallest absolute Gasteiger partial charge is 0.272 e. The average Bonchev–Trinajstić information content (AvgIpc) is 3.33. The average molecular weight is 480 g/mol. The molecule has 0 saturated heterocycles. The fraction of sp³-hybridized carbons (Fsp3) is 0.167. The Hall–Kier alpha value is -4.41. The Morgan fingerprint density at radius 3 is 2.80 bits per heavy atom. The predicted molar refractivity (Wildman–Crippen MR) is 125 cm³/mol. The molecule has 0 saturated carbocycles. The Balaban J connectivity index is 1.66. The van der Waals surface area contributed by atoms with Crippen LogP contribution in [0, 0.1) is 5.82 Å². The number of aromatic amines is 1. The molecule has 2 N–H and O–H groups in total. The first-order valence-electron chi connectivity index (χ1n) is 10.7. The van der Waals surface area contributed by atoms with Crippen molar-refractivity contribution >= 4 is 27.8 Å². The molecule has 0 aliphatic carbocycles. The Kier molecular flexibility index (Phi) is 5.81. The number of alkyl halides is 2. The summed E-state index contributed by atoms with van der Waals surface area (Å²) in [5.41, 5.74) is 0.466. The maximum absolute atomic E-state index is 14.7. The van der Waals surface area contributed by atoms with Crippen molar-refractivity contribution in [2.24, 2.45) is 0 Å². The van der Waals surface area contributed by atoms with Crippen molar-refractivity contribution in [1.29, 1.82) is 0 Å². The van der Waals surface area contributed by atoms with Crippen molar-refractivity contribution < 1.29 is 17.9 Å². The van der Waals surface area contributed by atoms with E-state index >= 15 is 0 Å². The van der Waals surface area contributed by atoms with E-state index in [0.29, 0.717) is 11.5 Å². The van der Waals surface area contributed by atoms with E-state index in [1.54, 1.807) is 31.3 Å². The summed E-state index contributed by atoms with van der Waals surface area (Å²) in [7, 11) is 0. The highest BCUT2D eigenvalue weighted by Crippen LogP contribution is 2.26. The van der Waals surface area contributed by atoms with Crippen LogP contribution in [0.3, 0.4) is 0 Å². The third kappa shape index (κ3) is 4.27. The van der Waals surface area contributed by atoms with Gasteiger partial charge >= 0.3 is 0 Å². The zero-order valence-corrected chi connectivity index (χ0v) is 18.4. The van der Waals surface area contributed by atoms with E-state index in [9.17, 15) is 18.0 Å². The van der Waals surface area contributed by atoms with Gasteiger partial charge < -0.3 is 15.0 Å². The number of nitrogens with zero attached hydrogens (tertiary/aromatic N) is 4. The number of hydrogen-bond acceptors (Lipinski definition) is 6. The first kappa shape index (κ1) is 22.4. The minimum Gasteiger partial charge on any atom is -0.488 e. The van der Waals surface area contributed by atoms with Crippen LogP contribution in [-0.4, -0.2) is 37.5 Å². The Labute approximate surface area is 196 Å². The van der Waals surface area contributed by atoms with Crippen molar-refractivity contribution in [2.75, 3.05) is 11.9 Å². The third-order valence-electron chi connectivity index (χ3n) is 5.42. The SMILES string of the molecule is CC(Nc1ncnc2[nH]ccc12)c1nc2cccc(F)c2c(=O)n1-c1cccc(OCC(F)F)c1. The van der Waals surface area contributed by atoms with Crippen LogP contribution in [0.1, 0.15) is 18.8 Å². The fourth-order valence-electron chi connectivity index (χ4n) is 3.88. The molecule has 8 nitrogen and oxygen atoms in total. The van der Waals surface area contributed by atoms with Crippen molar-refractivity contribution in [3.8, 4) is 11.4 Å². The first-order chi connectivity index (χ1) is 16.9. The van der Waals surface area contributed by atoms with E-state index in [-0.39, 0.29) is 28.2 Å². The van der Waals surface area contributed by atoms with E-state index in [4.69, 9.17) is 4.74 Å². The van der Waals surface area contributed by atoms with Gasteiger partial charge in [-0.15, -0.1) is 0 Å². The second-order valence-electron chi connectivity index (χ2n) is 7.77. The molecule has 1 atom stereocenters. The quantitative estimate of drug-likeness (QED) is 0.353. The molecule has 0 spiro atoms. The topological polar surface area (TPSA) is 97.7 Å². The largest absolute Gasteiger partial charge is 0.488 e. The van der Waals surface area contributed by atoms with Gasteiger partial charge in [-0.2, -0.15) is 0 Å². The molecular weight excluding hydrogens is 461 g/mol. The zero-order valence-electron chi connectivity index (χ0n) is 18.4. The summed E-state index contributed by atoms with van der Waals surface area (Å²) < 4.78 is 46.3. The Morgan fingerprint density at radius 2 is 1.97 bits per heavy atom. The zero-order chi connectivity index (χ0) is 24.5. The third-order valence-corrected chi connectivity index (χ3v) is 5.42. The molecule has 0 aliphatic heterocycles. The molecule has 5 aromatic rings. The fourth-order valence-corrected chi connectivity index (χ4v) is 3.88. The second kappa shape index (κ2) is 9.09. The van der Waals surface area contributed by atoms with E-state index in [2.05, 4.69) is 25.3 Å². The summed E-state index contributed by atoms with van der Waals surface area (Å²) in [5, 5.41) is 3.80. The number of halogens is 3. The highest BCUT2D eigenvalue weighted by atomic mass is 19.3. The van der Waals surface area contributed by atoms with E-state index in [1.165, 1.54) is 35.2 Å². The molecule has 2 aromatic carbocycles. The Bertz CT molecular complexity index is 1580. The summed E-state index contributed by atoms with van der Waals surface area (Å²) in [6.45, 7) is 0.981. The molecule has 0 radical (unpaired) electrons. The first-order valence-corrected chi connectivity index (χ1v) is 10.7. The summed E-state index contributed by atoms with van der Waals surface area (Å²) in [6.07, 6.45) is 0.469. The Morgan fingerprint density at radius 1 is 1.14 bits per heavy atom. The number of aromatic nitrogens is 5. The molecule has 1 unspecified atom stereocenters. The predicted octanol–water partition coefficient (Wildman–Crippen LogP) is 4.61. The normalized spacial score (nSPS) is 12.4. The van der Waals surface area contributed by atoms with Gasteiger partial charge in [0, 0.05) is 12.3 Å². The lowest BCUT2D eigenvalue weighted by Gasteiger charge is -2.21. The van der Waals surface area contributed by atoms with Crippen molar-refractivity contribution in [2.45, 2.75) is 19.4 Å². The molecule has 0 fully saturated rings. The van der Waals surface area contributed by atoms with Crippen LogP contribution in [0.25, 0.3) is 27.6 Å². The van der Waals surface area contributed by atoms with Crippen LogP contribution in [0.2, 0.25) is 0 Å². The molecule has 11 heteroatoms. The van der Waals surface area contributed by atoms with Crippen LogP contribution < -0.4 is 15.6 Å². The van der Waals surface area contributed by atoms with Crippen LogP contribution >= 0.6 is 0 Å². The molecule has 0 aliphatic rings. The number of rotatable bonds is 7. The molecule has 178 valence electrons. The van der Waals surface area contributed by atoms with Crippen molar-refractivity contribution in [3.63, 3.8) is 0 Å². The van der Waals surface area contributed by atoms with Crippen LogP contribution in [0.5, 0.6) is 5.75 Å². The standard InChI is InChI=1S/C24H19F3N6O2/c1-13(31-22-16-8-9-28-21(16)29-12-30-22)23-32-18-7-3-6-17(25)20(18)24(34)33(23)14-4-2-5-15(10-14)35-11-19(26)27/h2-10,12-13,19H,11H2,1H3,(H2,28,29,30,31). The number of nitrogens with one attached hydrogen (secondary N) is 2. The molecule has 3 heterocycles. The number of hydrogen-bond donors (Lipinski definition) is 2.